The second kappa shape index (κ2) is 7.58. The number of benzene rings is 2. The van der Waals surface area contributed by atoms with Gasteiger partial charge in [-0.3, -0.25) is 9.69 Å². The minimum atomic E-state index is -0.222. The van der Waals surface area contributed by atoms with E-state index in [1.807, 2.05) is 54.3 Å². The average molecular weight is 326 g/mol. The molecule has 1 amide bonds. The van der Waals surface area contributed by atoms with Gasteiger partial charge in [0.1, 0.15) is 5.82 Å². The van der Waals surface area contributed by atoms with Crippen LogP contribution >= 0.6 is 0 Å². The SMILES string of the molecule is CCN(C(=O)CN1CCCC1c1ccc(F)cc1)c1ccccc1. The van der Waals surface area contributed by atoms with Crippen molar-refractivity contribution in [3.8, 4) is 0 Å². The van der Waals surface area contributed by atoms with Gasteiger partial charge in [-0.15, -0.1) is 0 Å². The first kappa shape index (κ1) is 16.7. The summed E-state index contributed by atoms with van der Waals surface area (Å²) in [4.78, 5) is 16.8. The summed E-state index contributed by atoms with van der Waals surface area (Å²) in [5, 5.41) is 0. The molecule has 24 heavy (non-hydrogen) atoms. The summed E-state index contributed by atoms with van der Waals surface area (Å²) in [6.07, 6.45) is 2.07. The van der Waals surface area contributed by atoms with Gasteiger partial charge in [-0.05, 0) is 56.1 Å². The van der Waals surface area contributed by atoms with Crippen LogP contribution in [0.4, 0.5) is 10.1 Å². The van der Waals surface area contributed by atoms with E-state index in [2.05, 4.69) is 4.90 Å². The number of carbonyl (C=O) groups is 1. The number of hydrogen-bond acceptors (Lipinski definition) is 2. The lowest BCUT2D eigenvalue weighted by molar-refractivity contribution is -0.119. The van der Waals surface area contributed by atoms with Crippen LogP contribution in [0.5, 0.6) is 0 Å². The number of rotatable bonds is 5. The molecule has 3 nitrogen and oxygen atoms in total. The van der Waals surface area contributed by atoms with E-state index in [0.717, 1.165) is 30.6 Å². The lowest BCUT2D eigenvalue weighted by Gasteiger charge is -2.28. The fourth-order valence-electron chi connectivity index (χ4n) is 3.45. The highest BCUT2D eigenvalue weighted by atomic mass is 19.1. The zero-order chi connectivity index (χ0) is 16.9. The van der Waals surface area contributed by atoms with Gasteiger partial charge in [0.2, 0.25) is 5.91 Å². The molecule has 0 aliphatic carbocycles. The van der Waals surface area contributed by atoms with E-state index in [1.54, 1.807) is 0 Å². The van der Waals surface area contributed by atoms with E-state index in [9.17, 15) is 9.18 Å². The molecule has 0 radical (unpaired) electrons. The van der Waals surface area contributed by atoms with Crippen molar-refractivity contribution < 1.29 is 9.18 Å². The maximum absolute atomic E-state index is 13.1. The lowest BCUT2D eigenvalue weighted by atomic mass is 10.0. The Morgan fingerprint density at radius 1 is 1.17 bits per heavy atom. The van der Waals surface area contributed by atoms with Crippen LogP contribution in [0.2, 0.25) is 0 Å². The Bertz CT molecular complexity index is 672. The second-order valence-corrected chi connectivity index (χ2v) is 6.15. The summed E-state index contributed by atoms with van der Waals surface area (Å²) in [6, 6.07) is 16.6. The highest BCUT2D eigenvalue weighted by molar-refractivity contribution is 5.94. The molecular formula is C20H23FN2O. The standard InChI is InChI=1S/C20H23FN2O/c1-2-23(18-7-4-3-5-8-18)20(24)15-22-14-6-9-19(22)16-10-12-17(21)13-11-16/h3-5,7-8,10-13,19H,2,6,9,14-15H2,1H3. The van der Waals surface area contributed by atoms with Crippen molar-refractivity contribution in [3.63, 3.8) is 0 Å². The summed E-state index contributed by atoms with van der Waals surface area (Å²) in [7, 11) is 0. The summed E-state index contributed by atoms with van der Waals surface area (Å²) in [5.74, 6) is -0.113. The molecule has 1 atom stereocenters. The van der Waals surface area contributed by atoms with Gasteiger partial charge in [0.15, 0.2) is 0 Å². The Balaban J connectivity index is 1.71. The van der Waals surface area contributed by atoms with Crippen molar-refractivity contribution in [2.45, 2.75) is 25.8 Å². The van der Waals surface area contributed by atoms with Gasteiger partial charge in [0.05, 0.1) is 6.54 Å². The second-order valence-electron chi connectivity index (χ2n) is 6.15. The molecule has 3 rings (SSSR count). The number of halogens is 1. The quantitative estimate of drug-likeness (QED) is 0.829. The van der Waals surface area contributed by atoms with Crippen molar-refractivity contribution in [2.75, 3.05) is 24.5 Å². The predicted octanol–water partition coefficient (Wildman–Crippen LogP) is 4.02. The number of likely N-dealkylation sites (N-methyl/N-ethyl adjacent to an activating group) is 1. The molecule has 4 heteroatoms. The Labute approximate surface area is 142 Å². The smallest absolute Gasteiger partial charge is 0.241 e. The molecule has 2 aromatic carbocycles. The first-order chi connectivity index (χ1) is 11.7. The summed E-state index contributed by atoms with van der Waals surface area (Å²) in [6.45, 7) is 3.94. The van der Waals surface area contributed by atoms with Crippen molar-refractivity contribution in [3.05, 3.63) is 66.0 Å². The van der Waals surface area contributed by atoms with Crippen LogP contribution in [0.15, 0.2) is 54.6 Å². The van der Waals surface area contributed by atoms with Crippen LogP contribution in [0.3, 0.4) is 0 Å². The Morgan fingerprint density at radius 2 is 1.88 bits per heavy atom. The summed E-state index contributed by atoms with van der Waals surface area (Å²) >= 11 is 0. The highest BCUT2D eigenvalue weighted by Gasteiger charge is 2.29. The molecule has 0 bridgehead atoms. The molecule has 0 saturated carbocycles. The molecule has 0 aromatic heterocycles. The van der Waals surface area contributed by atoms with Crippen LogP contribution in [0, 0.1) is 5.82 Å². The van der Waals surface area contributed by atoms with Gasteiger partial charge in [-0.1, -0.05) is 30.3 Å². The normalized spacial score (nSPS) is 17.8. The number of amides is 1. The Hall–Kier alpha value is -2.20. The van der Waals surface area contributed by atoms with Crippen molar-refractivity contribution in [2.24, 2.45) is 0 Å². The average Bonchev–Trinajstić information content (AvgIpc) is 3.05. The number of nitrogens with zero attached hydrogens (tertiary/aromatic N) is 2. The van der Waals surface area contributed by atoms with Gasteiger partial charge >= 0.3 is 0 Å². The van der Waals surface area contributed by atoms with Crippen molar-refractivity contribution in [1.29, 1.82) is 0 Å². The molecule has 1 aliphatic rings. The van der Waals surface area contributed by atoms with E-state index in [1.165, 1.54) is 12.1 Å². The number of likely N-dealkylation sites (tertiary alicyclic amines) is 1. The number of carbonyl (C=O) groups excluding carboxylic acids is 1. The molecular weight excluding hydrogens is 303 g/mol. The molecule has 2 aromatic rings. The number of para-hydroxylation sites is 1. The fourth-order valence-corrected chi connectivity index (χ4v) is 3.45. The topological polar surface area (TPSA) is 23.6 Å². The molecule has 1 aliphatic heterocycles. The van der Waals surface area contributed by atoms with Crippen LogP contribution in [0.25, 0.3) is 0 Å². The number of hydrogen-bond donors (Lipinski definition) is 0. The molecule has 1 unspecified atom stereocenters. The summed E-state index contributed by atoms with van der Waals surface area (Å²) in [5.41, 5.74) is 2.02. The minimum Gasteiger partial charge on any atom is -0.312 e. The molecule has 1 saturated heterocycles. The fraction of sp³-hybridized carbons (Fsp3) is 0.350. The van der Waals surface area contributed by atoms with Gasteiger partial charge in [0.25, 0.3) is 0 Å². The summed E-state index contributed by atoms with van der Waals surface area (Å²) < 4.78 is 13.1. The first-order valence-electron chi connectivity index (χ1n) is 8.54. The number of anilines is 1. The van der Waals surface area contributed by atoms with E-state index in [-0.39, 0.29) is 17.8 Å². The zero-order valence-electron chi connectivity index (χ0n) is 14.0. The first-order valence-corrected chi connectivity index (χ1v) is 8.54. The molecule has 126 valence electrons. The molecule has 0 N–H and O–H groups in total. The third-order valence-electron chi connectivity index (χ3n) is 4.64. The van der Waals surface area contributed by atoms with Crippen molar-refractivity contribution >= 4 is 11.6 Å². The van der Waals surface area contributed by atoms with Gasteiger partial charge in [-0.2, -0.15) is 0 Å². The van der Waals surface area contributed by atoms with Gasteiger partial charge in [-0.25, -0.2) is 4.39 Å². The lowest BCUT2D eigenvalue weighted by Crippen LogP contribution is -2.40. The van der Waals surface area contributed by atoms with Crippen LogP contribution in [-0.2, 0) is 4.79 Å². The van der Waals surface area contributed by atoms with E-state index in [0.29, 0.717) is 13.1 Å². The van der Waals surface area contributed by atoms with Gasteiger partial charge < -0.3 is 4.90 Å². The molecule has 1 fully saturated rings. The van der Waals surface area contributed by atoms with Crippen LogP contribution in [0.1, 0.15) is 31.4 Å². The molecule has 0 spiro atoms. The van der Waals surface area contributed by atoms with Crippen molar-refractivity contribution in [1.82, 2.24) is 4.90 Å². The van der Waals surface area contributed by atoms with E-state index < -0.39 is 0 Å². The maximum atomic E-state index is 13.1. The third-order valence-corrected chi connectivity index (χ3v) is 4.64. The third kappa shape index (κ3) is 3.65. The highest BCUT2D eigenvalue weighted by Crippen LogP contribution is 2.32. The molecule has 1 heterocycles. The monoisotopic (exact) mass is 326 g/mol. The van der Waals surface area contributed by atoms with Crippen LogP contribution < -0.4 is 4.90 Å². The van der Waals surface area contributed by atoms with E-state index in [4.69, 9.17) is 0 Å². The zero-order valence-corrected chi connectivity index (χ0v) is 14.0. The Morgan fingerprint density at radius 3 is 2.54 bits per heavy atom. The minimum absolute atomic E-state index is 0.109. The van der Waals surface area contributed by atoms with E-state index >= 15 is 0 Å². The van der Waals surface area contributed by atoms with Gasteiger partial charge in [0, 0.05) is 18.3 Å². The van der Waals surface area contributed by atoms with Crippen LogP contribution in [-0.4, -0.2) is 30.4 Å². The maximum Gasteiger partial charge on any atom is 0.241 e. The Kier molecular flexibility index (Phi) is 5.26. The predicted molar refractivity (Wildman–Crippen MR) is 94.4 cm³/mol. The largest absolute Gasteiger partial charge is 0.312 e.